The van der Waals surface area contributed by atoms with E-state index in [9.17, 15) is 5.11 Å². The zero-order valence-corrected chi connectivity index (χ0v) is 15.4. The van der Waals surface area contributed by atoms with Crippen LogP contribution >= 0.6 is 24.0 Å². The molecule has 1 aliphatic rings. The van der Waals surface area contributed by atoms with Gasteiger partial charge in [-0.1, -0.05) is 31.4 Å². The Morgan fingerprint density at radius 3 is 2.77 bits per heavy atom. The van der Waals surface area contributed by atoms with Crippen molar-refractivity contribution < 1.29 is 9.84 Å². The first-order valence-corrected chi connectivity index (χ1v) is 7.62. The van der Waals surface area contributed by atoms with Gasteiger partial charge in [0.1, 0.15) is 0 Å². The zero-order chi connectivity index (χ0) is 15.1. The number of nitrogens with two attached hydrogens (primary N) is 1. The third-order valence-electron chi connectivity index (χ3n) is 3.92. The molecule has 1 fully saturated rings. The first kappa shape index (κ1) is 18.9. The van der Waals surface area contributed by atoms with Crippen molar-refractivity contribution in [1.82, 2.24) is 5.32 Å². The summed E-state index contributed by atoms with van der Waals surface area (Å²) in [5, 5.41) is 13.3. The summed E-state index contributed by atoms with van der Waals surface area (Å²) in [6.45, 7) is 0.548. The van der Waals surface area contributed by atoms with Crippen LogP contribution in [0.5, 0.6) is 11.5 Å². The smallest absolute Gasteiger partial charge is 0.188 e. The third kappa shape index (κ3) is 5.55. The molecule has 6 heteroatoms. The highest BCUT2D eigenvalue weighted by molar-refractivity contribution is 14.0. The Labute approximate surface area is 149 Å². The van der Waals surface area contributed by atoms with Crippen LogP contribution in [0.4, 0.5) is 0 Å². The summed E-state index contributed by atoms with van der Waals surface area (Å²) < 4.78 is 5.09. The van der Waals surface area contributed by atoms with E-state index in [0.717, 1.165) is 5.56 Å². The molecule has 0 aliphatic heterocycles. The van der Waals surface area contributed by atoms with Crippen LogP contribution in [0.2, 0.25) is 0 Å². The number of guanidine groups is 1. The quantitative estimate of drug-likeness (QED) is 0.390. The lowest BCUT2D eigenvalue weighted by Crippen LogP contribution is -2.41. The van der Waals surface area contributed by atoms with Crippen molar-refractivity contribution in [3.63, 3.8) is 0 Å². The number of nitrogens with zero attached hydrogens (tertiary/aromatic N) is 1. The fourth-order valence-electron chi connectivity index (χ4n) is 2.73. The summed E-state index contributed by atoms with van der Waals surface area (Å²) in [7, 11) is 1.54. The fourth-order valence-corrected chi connectivity index (χ4v) is 2.73. The molecule has 0 spiro atoms. The van der Waals surface area contributed by atoms with Crippen molar-refractivity contribution in [3.05, 3.63) is 23.8 Å². The van der Waals surface area contributed by atoms with Gasteiger partial charge in [-0.3, -0.25) is 4.99 Å². The number of nitrogens with one attached hydrogen (secondary N) is 1. The molecule has 2 rings (SSSR count). The number of hydrogen-bond acceptors (Lipinski definition) is 3. The average Bonchev–Trinajstić information content (AvgIpc) is 2.50. The maximum Gasteiger partial charge on any atom is 0.188 e. The molecular formula is C16H26IN3O2. The van der Waals surface area contributed by atoms with E-state index in [-0.39, 0.29) is 29.7 Å². The molecule has 0 aromatic heterocycles. The summed E-state index contributed by atoms with van der Waals surface area (Å²) in [5.74, 6) is 1.18. The molecule has 4 N–H and O–H groups in total. The number of ether oxygens (including phenoxy) is 1. The number of halogens is 1. The number of aromatic hydroxyl groups is 1. The molecule has 0 saturated heterocycles. The predicted molar refractivity (Wildman–Crippen MR) is 100 cm³/mol. The second-order valence-corrected chi connectivity index (χ2v) is 5.46. The number of hydrogen-bond donors (Lipinski definition) is 3. The van der Waals surface area contributed by atoms with Gasteiger partial charge < -0.3 is 20.9 Å². The molecule has 0 amide bonds. The van der Waals surface area contributed by atoms with E-state index in [4.69, 9.17) is 10.5 Å². The van der Waals surface area contributed by atoms with E-state index >= 15 is 0 Å². The summed E-state index contributed by atoms with van der Waals surface area (Å²) in [6.07, 6.45) is 6.84. The van der Waals surface area contributed by atoms with Crippen LogP contribution in [-0.4, -0.2) is 30.8 Å². The van der Waals surface area contributed by atoms with Crippen molar-refractivity contribution in [2.45, 2.75) is 44.6 Å². The van der Waals surface area contributed by atoms with E-state index < -0.39 is 0 Å². The number of rotatable bonds is 5. The standard InChI is InChI=1S/C16H25N3O2.HI/c1-21-14-9-5-6-12(15(14)20)10-11-18-16(17)19-13-7-3-2-4-8-13;/h5-6,9,13,20H,2-4,7-8,10-11H2,1H3,(H3,17,18,19);1H. The highest BCUT2D eigenvalue weighted by Gasteiger charge is 2.13. The van der Waals surface area contributed by atoms with E-state index in [1.807, 2.05) is 12.1 Å². The number of phenols is 1. The minimum absolute atomic E-state index is 0. The molecule has 0 bridgehead atoms. The van der Waals surface area contributed by atoms with Crippen LogP contribution in [0.15, 0.2) is 23.2 Å². The summed E-state index contributed by atoms with van der Waals surface area (Å²) >= 11 is 0. The van der Waals surface area contributed by atoms with Crippen LogP contribution in [-0.2, 0) is 6.42 Å². The molecule has 0 atom stereocenters. The Kier molecular flexibility index (Phi) is 8.37. The van der Waals surface area contributed by atoms with E-state index in [1.54, 1.807) is 13.2 Å². The van der Waals surface area contributed by atoms with Crippen molar-refractivity contribution in [2.24, 2.45) is 10.7 Å². The van der Waals surface area contributed by atoms with Gasteiger partial charge in [-0.05, 0) is 30.9 Å². The second-order valence-electron chi connectivity index (χ2n) is 5.46. The number of phenolic OH excluding ortho intramolecular Hbond substituents is 1. The number of aliphatic imine (C=N–C) groups is 1. The van der Waals surface area contributed by atoms with Gasteiger partial charge in [-0.15, -0.1) is 24.0 Å². The normalized spacial score (nSPS) is 16.0. The van der Waals surface area contributed by atoms with Crippen LogP contribution in [0.1, 0.15) is 37.7 Å². The second kappa shape index (κ2) is 9.76. The topological polar surface area (TPSA) is 79.9 Å². The maximum atomic E-state index is 9.99. The molecule has 1 saturated carbocycles. The van der Waals surface area contributed by atoms with Crippen LogP contribution < -0.4 is 15.8 Å². The Bertz CT molecular complexity index is 488. The average molecular weight is 419 g/mol. The Hall–Kier alpha value is -1.18. The van der Waals surface area contributed by atoms with Crippen molar-refractivity contribution in [3.8, 4) is 11.5 Å². The molecule has 1 aromatic rings. The minimum Gasteiger partial charge on any atom is -0.504 e. The van der Waals surface area contributed by atoms with E-state index in [1.165, 1.54) is 32.1 Å². The molecule has 1 aromatic carbocycles. The van der Waals surface area contributed by atoms with Crippen molar-refractivity contribution in [2.75, 3.05) is 13.7 Å². The van der Waals surface area contributed by atoms with Gasteiger partial charge in [0.2, 0.25) is 0 Å². The van der Waals surface area contributed by atoms with E-state index in [2.05, 4.69) is 10.3 Å². The lowest BCUT2D eigenvalue weighted by atomic mass is 9.96. The fraction of sp³-hybridized carbons (Fsp3) is 0.562. The molecular weight excluding hydrogens is 393 g/mol. The van der Waals surface area contributed by atoms with Crippen LogP contribution in [0.25, 0.3) is 0 Å². The first-order valence-electron chi connectivity index (χ1n) is 7.62. The lowest BCUT2D eigenvalue weighted by Gasteiger charge is -2.23. The highest BCUT2D eigenvalue weighted by Crippen LogP contribution is 2.29. The van der Waals surface area contributed by atoms with E-state index in [0.29, 0.717) is 30.7 Å². The van der Waals surface area contributed by atoms with Gasteiger partial charge in [0.25, 0.3) is 0 Å². The third-order valence-corrected chi connectivity index (χ3v) is 3.92. The van der Waals surface area contributed by atoms with Crippen molar-refractivity contribution >= 4 is 29.9 Å². The molecule has 0 radical (unpaired) electrons. The largest absolute Gasteiger partial charge is 0.504 e. The molecule has 1 aliphatic carbocycles. The van der Waals surface area contributed by atoms with Crippen LogP contribution in [0, 0.1) is 0 Å². The Balaban J connectivity index is 0.00000242. The number of benzene rings is 1. The molecule has 0 unspecified atom stereocenters. The number of methoxy groups -OCH3 is 1. The molecule has 124 valence electrons. The Morgan fingerprint density at radius 1 is 1.36 bits per heavy atom. The Morgan fingerprint density at radius 2 is 2.09 bits per heavy atom. The number of para-hydroxylation sites is 1. The summed E-state index contributed by atoms with van der Waals surface area (Å²) in [5.41, 5.74) is 6.74. The zero-order valence-electron chi connectivity index (χ0n) is 13.0. The minimum atomic E-state index is 0. The van der Waals surface area contributed by atoms with Crippen molar-refractivity contribution in [1.29, 1.82) is 0 Å². The first-order chi connectivity index (χ1) is 10.2. The predicted octanol–water partition coefficient (Wildman–Crippen LogP) is 2.80. The summed E-state index contributed by atoms with van der Waals surface area (Å²) in [6, 6.07) is 5.94. The van der Waals surface area contributed by atoms with Gasteiger partial charge >= 0.3 is 0 Å². The van der Waals surface area contributed by atoms with Gasteiger partial charge in [0.15, 0.2) is 17.5 Å². The van der Waals surface area contributed by atoms with Gasteiger partial charge in [0, 0.05) is 12.6 Å². The SMILES string of the molecule is COc1cccc(CCN=C(N)NC2CCCCC2)c1O.I. The van der Waals surface area contributed by atoms with Gasteiger partial charge in [-0.25, -0.2) is 0 Å². The molecule has 22 heavy (non-hydrogen) atoms. The maximum absolute atomic E-state index is 9.99. The van der Waals surface area contributed by atoms with Gasteiger partial charge in [0.05, 0.1) is 7.11 Å². The van der Waals surface area contributed by atoms with Gasteiger partial charge in [-0.2, -0.15) is 0 Å². The monoisotopic (exact) mass is 419 g/mol. The highest BCUT2D eigenvalue weighted by atomic mass is 127. The molecule has 0 heterocycles. The lowest BCUT2D eigenvalue weighted by molar-refractivity contribution is 0.370. The van der Waals surface area contributed by atoms with Crippen LogP contribution in [0.3, 0.4) is 0 Å². The molecule has 5 nitrogen and oxygen atoms in total. The summed E-state index contributed by atoms with van der Waals surface area (Å²) in [4.78, 5) is 4.34.